The van der Waals surface area contributed by atoms with Gasteiger partial charge in [-0.1, -0.05) is 105 Å². The molecule has 216 valence electrons. The SMILES string of the molecule is CC.CN(c1ccccc1)c1ccc(-c2ccc(N(c3ccccc3)c3cccc(C4=C/CCCC/C=C\4)c3)cc2)cc1. The Labute approximate surface area is 258 Å². The maximum absolute atomic E-state index is 2.39. The molecule has 2 nitrogen and oxygen atoms in total. The van der Waals surface area contributed by atoms with Crippen molar-refractivity contribution in [3.8, 4) is 11.1 Å². The van der Waals surface area contributed by atoms with Crippen molar-refractivity contribution in [2.24, 2.45) is 0 Å². The first-order valence-corrected chi connectivity index (χ1v) is 15.6. The van der Waals surface area contributed by atoms with Crippen LogP contribution >= 0.6 is 0 Å². The molecular weight excluding hydrogens is 520 g/mol. The molecule has 0 heterocycles. The molecule has 0 amide bonds. The monoisotopic (exact) mass is 562 g/mol. The second kappa shape index (κ2) is 14.9. The van der Waals surface area contributed by atoms with Crippen molar-refractivity contribution in [3.05, 3.63) is 157 Å². The predicted molar refractivity (Wildman–Crippen MR) is 188 cm³/mol. The summed E-state index contributed by atoms with van der Waals surface area (Å²) in [6.07, 6.45) is 11.8. The van der Waals surface area contributed by atoms with Gasteiger partial charge in [-0.15, -0.1) is 0 Å². The summed E-state index contributed by atoms with van der Waals surface area (Å²) in [4.78, 5) is 4.56. The Morgan fingerprint density at radius 2 is 0.977 bits per heavy atom. The van der Waals surface area contributed by atoms with Gasteiger partial charge in [-0.2, -0.15) is 0 Å². The van der Waals surface area contributed by atoms with Gasteiger partial charge in [-0.05, 0) is 109 Å². The van der Waals surface area contributed by atoms with Gasteiger partial charge in [0.25, 0.3) is 0 Å². The minimum atomic E-state index is 1.14. The van der Waals surface area contributed by atoms with Crippen LogP contribution in [-0.4, -0.2) is 7.05 Å². The summed E-state index contributed by atoms with van der Waals surface area (Å²) in [6.45, 7) is 4.00. The lowest BCUT2D eigenvalue weighted by Gasteiger charge is -2.26. The minimum Gasteiger partial charge on any atom is -0.345 e. The van der Waals surface area contributed by atoms with E-state index in [-0.39, 0.29) is 0 Å². The van der Waals surface area contributed by atoms with Crippen molar-refractivity contribution in [1.82, 2.24) is 0 Å². The van der Waals surface area contributed by atoms with Gasteiger partial charge in [0.2, 0.25) is 0 Å². The molecule has 0 radical (unpaired) electrons. The zero-order chi connectivity index (χ0) is 29.9. The van der Waals surface area contributed by atoms with Crippen LogP contribution in [0.2, 0.25) is 0 Å². The second-order valence-electron chi connectivity index (χ2n) is 10.6. The summed E-state index contributed by atoms with van der Waals surface area (Å²) in [5.74, 6) is 0. The van der Waals surface area contributed by atoms with Crippen molar-refractivity contribution in [1.29, 1.82) is 0 Å². The molecule has 0 N–H and O–H groups in total. The lowest BCUT2D eigenvalue weighted by Crippen LogP contribution is -2.10. The van der Waals surface area contributed by atoms with Gasteiger partial charge in [0.15, 0.2) is 0 Å². The van der Waals surface area contributed by atoms with Crippen molar-refractivity contribution < 1.29 is 0 Å². The summed E-state index contributed by atoms with van der Waals surface area (Å²) in [5.41, 5.74) is 10.8. The van der Waals surface area contributed by atoms with Crippen LogP contribution in [-0.2, 0) is 0 Å². The Morgan fingerprint density at radius 3 is 1.63 bits per heavy atom. The first-order valence-electron chi connectivity index (χ1n) is 15.6. The Balaban J connectivity index is 0.00000180. The molecule has 6 rings (SSSR count). The normalized spacial score (nSPS) is 14.6. The molecule has 0 unspecified atom stereocenters. The van der Waals surface area contributed by atoms with Crippen molar-refractivity contribution >= 4 is 34.0 Å². The fourth-order valence-electron chi connectivity index (χ4n) is 5.49. The second-order valence-corrected chi connectivity index (χ2v) is 10.6. The average Bonchev–Trinajstić information content (AvgIpc) is 3.07. The van der Waals surface area contributed by atoms with Crippen molar-refractivity contribution in [2.45, 2.75) is 39.5 Å². The van der Waals surface area contributed by atoms with E-state index in [9.17, 15) is 0 Å². The summed E-state index contributed by atoms with van der Waals surface area (Å²) < 4.78 is 0. The van der Waals surface area contributed by atoms with Crippen LogP contribution in [0.15, 0.2) is 152 Å². The van der Waals surface area contributed by atoms with Crippen LogP contribution in [0.5, 0.6) is 0 Å². The Morgan fingerprint density at radius 1 is 0.465 bits per heavy atom. The van der Waals surface area contributed by atoms with Crippen LogP contribution in [0.3, 0.4) is 0 Å². The third-order valence-electron chi connectivity index (χ3n) is 7.80. The van der Waals surface area contributed by atoms with E-state index in [0.717, 1.165) is 29.9 Å². The highest BCUT2D eigenvalue weighted by Crippen LogP contribution is 2.37. The summed E-state index contributed by atoms with van der Waals surface area (Å²) in [6, 6.07) is 47.7. The molecule has 1 aliphatic carbocycles. The van der Waals surface area contributed by atoms with E-state index in [0.29, 0.717) is 0 Å². The zero-order valence-corrected chi connectivity index (χ0v) is 25.7. The largest absolute Gasteiger partial charge is 0.345 e. The molecule has 0 saturated carbocycles. The molecule has 0 fully saturated rings. The number of hydrogen-bond acceptors (Lipinski definition) is 2. The first kappa shape index (κ1) is 29.7. The van der Waals surface area contributed by atoms with Gasteiger partial charge in [0.05, 0.1) is 0 Å². The molecule has 43 heavy (non-hydrogen) atoms. The molecule has 2 heteroatoms. The summed E-state index contributed by atoms with van der Waals surface area (Å²) in [5, 5.41) is 0. The predicted octanol–water partition coefficient (Wildman–Crippen LogP) is 12.1. The van der Waals surface area contributed by atoms with Gasteiger partial charge in [0.1, 0.15) is 0 Å². The molecule has 0 saturated heterocycles. The smallest absolute Gasteiger partial charge is 0.0467 e. The van der Waals surface area contributed by atoms with E-state index < -0.39 is 0 Å². The minimum absolute atomic E-state index is 1.14. The van der Waals surface area contributed by atoms with Gasteiger partial charge in [-0.3, -0.25) is 0 Å². The van der Waals surface area contributed by atoms with Gasteiger partial charge < -0.3 is 9.80 Å². The first-order chi connectivity index (χ1) is 21.3. The Kier molecular flexibility index (Phi) is 10.3. The lowest BCUT2D eigenvalue weighted by atomic mass is 9.99. The number of allylic oxidation sites excluding steroid dienone is 4. The molecule has 0 aromatic heterocycles. The molecule has 0 aliphatic heterocycles. The van der Waals surface area contributed by atoms with Crippen molar-refractivity contribution in [3.63, 3.8) is 0 Å². The number of para-hydroxylation sites is 2. The van der Waals surface area contributed by atoms with E-state index in [4.69, 9.17) is 0 Å². The van der Waals surface area contributed by atoms with Gasteiger partial charge >= 0.3 is 0 Å². The molecule has 0 atom stereocenters. The topological polar surface area (TPSA) is 6.48 Å². The van der Waals surface area contributed by atoms with Gasteiger partial charge in [-0.25, -0.2) is 0 Å². The van der Waals surface area contributed by atoms with Crippen LogP contribution in [0, 0.1) is 0 Å². The standard InChI is InChI=1S/C39H36N2.C2H6/c1-40(35-17-9-5-10-18-35)36-26-22-32(23-27-36)33-24-28-38(29-25-33)41(37-19-11-6-12-20-37)39-21-13-16-34(30-39)31-14-7-3-2-4-8-15-31;1-2/h5-7,9-30H,2-4,8H2,1H3;1-2H3/b14-7-,31-15+;. The maximum Gasteiger partial charge on any atom is 0.0467 e. The fourth-order valence-corrected chi connectivity index (χ4v) is 5.49. The van der Waals surface area contributed by atoms with E-state index >= 15 is 0 Å². The average molecular weight is 563 g/mol. The number of nitrogens with zero attached hydrogens (tertiary/aromatic N) is 2. The van der Waals surface area contributed by atoms with Crippen molar-refractivity contribution in [2.75, 3.05) is 16.8 Å². The number of rotatable bonds is 7. The van der Waals surface area contributed by atoms with E-state index in [1.807, 2.05) is 19.9 Å². The number of benzene rings is 5. The van der Waals surface area contributed by atoms with E-state index in [1.54, 1.807) is 0 Å². The Bertz CT molecular complexity index is 1620. The molecule has 5 aromatic rings. The molecule has 5 aromatic carbocycles. The third-order valence-corrected chi connectivity index (χ3v) is 7.80. The number of hydrogen-bond donors (Lipinski definition) is 0. The molecule has 0 spiro atoms. The third kappa shape index (κ3) is 7.34. The number of anilines is 5. The van der Waals surface area contributed by atoms with Gasteiger partial charge in [0, 0.05) is 35.5 Å². The van der Waals surface area contributed by atoms with E-state index in [1.165, 1.54) is 46.5 Å². The molecular formula is C41H42N2. The van der Waals surface area contributed by atoms with Crippen LogP contribution < -0.4 is 9.80 Å². The maximum atomic E-state index is 2.39. The van der Waals surface area contributed by atoms with Crippen LogP contribution in [0.1, 0.15) is 45.1 Å². The highest BCUT2D eigenvalue weighted by atomic mass is 15.1. The molecule has 0 bridgehead atoms. The summed E-state index contributed by atoms with van der Waals surface area (Å²) >= 11 is 0. The highest BCUT2D eigenvalue weighted by Gasteiger charge is 2.14. The lowest BCUT2D eigenvalue weighted by molar-refractivity contribution is 0.759. The Hall–Kier alpha value is -4.82. The van der Waals surface area contributed by atoms with Crippen LogP contribution in [0.25, 0.3) is 16.7 Å². The quantitative estimate of drug-likeness (QED) is 0.195. The summed E-state index contributed by atoms with van der Waals surface area (Å²) in [7, 11) is 2.11. The molecule has 1 aliphatic rings. The van der Waals surface area contributed by atoms with E-state index in [2.05, 4.69) is 162 Å². The van der Waals surface area contributed by atoms with Crippen LogP contribution in [0.4, 0.5) is 28.4 Å². The fraction of sp³-hybridized carbons (Fsp3) is 0.171. The zero-order valence-electron chi connectivity index (χ0n) is 25.7. The highest BCUT2D eigenvalue weighted by molar-refractivity contribution is 5.82.